The second kappa shape index (κ2) is 7.78. The number of phenolic OH excluding ortho intramolecular Hbond substituents is 2. The van der Waals surface area contributed by atoms with Gasteiger partial charge in [-0.05, 0) is 31.4 Å². The van der Waals surface area contributed by atoms with Crippen molar-refractivity contribution in [3.63, 3.8) is 0 Å². The zero-order valence-electron chi connectivity index (χ0n) is 21.1. The number of hydrogen-bond acceptors (Lipinski definition) is 9. The molecule has 2 fully saturated rings. The Hall–Kier alpha value is -3.45. The van der Waals surface area contributed by atoms with Crippen molar-refractivity contribution >= 4 is 0 Å². The molecule has 0 bridgehead atoms. The molecule has 0 aromatic heterocycles. The highest BCUT2D eigenvalue weighted by atomic mass is 16.7. The van der Waals surface area contributed by atoms with Crippen LogP contribution >= 0.6 is 0 Å². The molecule has 2 saturated heterocycles. The van der Waals surface area contributed by atoms with Crippen LogP contribution in [0.1, 0.15) is 51.5 Å². The van der Waals surface area contributed by atoms with E-state index in [1.807, 2.05) is 19.9 Å². The standard InChI is InChI=1S/C28H30N4O5/c1-5-6-30-10-18-19-15(24(33)13(3)27-28(19)37-11-36-27)8-16-22-20-14(7-12(2)26(35-4)25(20)34)21-23(32(21)22)17(9-29)31(16)18/h5,7,16-18,21-23,30,33-34H,1,6,8,10-11H2,2-4H3/t16?,17-,18-,21?,22-,23?,32?/m0/s1. The van der Waals surface area contributed by atoms with Crippen molar-refractivity contribution in [1.82, 2.24) is 15.1 Å². The molecule has 9 nitrogen and oxygen atoms in total. The third kappa shape index (κ3) is 2.73. The van der Waals surface area contributed by atoms with E-state index in [4.69, 9.17) is 14.2 Å². The van der Waals surface area contributed by atoms with Crippen LogP contribution < -0.4 is 19.5 Å². The maximum Gasteiger partial charge on any atom is 0.231 e. The van der Waals surface area contributed by atoms with Crippen LogP contribution in [0, 0.1) is 25.2 Å². The topological polar surface area (TPSA) is 110 Å². The predicted molar refractivity (Wildman–Crippen MR) is 134 cm³/mol. The summed E-state index contributed by atoms with van der Waals surface area (Å²) < 4.78 is 17.3. The van der Waals surface area contributed by atoms with E-state index in [-0.39, 0.29) is 54.5 Å². The fourth-order valence-electron chi connectivity index (χ4n) is 7.61. The normalized spacial score (nSPS) is 31.6. The molecule has 0 saturated carbocycles. The van der Waals surface area contributed by atoms with Gasteiger partial charge in [0.05, 0.1) is 37.3 Å². The molecule has 2 aromatic rings. The van der Waals surface area contributed by atoms with Gasteiger partial charge in [0.15, 0.2) is 23.0 Å². The number of aryl methyl sites for hydroxylation is 1. The first-order valence-electron chi connectivity index (χ1n) is 12.7. The summed E-state index contributed by atoms with van der Waals surface area (Å²) in [6, 6.07) is 4.00. The minimum absolute atomic E-state index is 0.0404. The fraction of sp³-hybridized carbons (Fsp3) is 0.464. The summed E-state index contributed by atoms with van der Waals surface area (Å²) in [6.45, 7) is 8.88. The van der Waals surface area contributed by atoms with Crippen LogP contribution in [0.2, 0.25) is 0 Å². The lowest BCUT2D eigenvalue weighted by Crippen LogP contribution is -2.60. The van der Waals surface area contributed by atoms with Gasteiger partial charge in [-0.3, -0.25) is 9.80 Å². The van der Waals surface area contributed by atoms with Crippen LogP contribution in [0.25, 0.3) is 0 Å². The van der Waals surface area contributed by atoms with E-state index >= 15 is 0 Å². The van der Waals surface area contributed by atoms with Gasteiger partial charge in [0.25, 0.3) is 0 Å². The average molecular weight is 503 g/mol. The predicted octanol–water partition coefficient (Wildman–Crippen LogP) is 2.88. The zero-order chi connectivity index (χ0) is 25.7. The summed E-state index contributed by atoms with van der Waals surface area (Å²) in [6.07, 6.45) is 2.33. The number of ether oxygens (including phenoxy) is 3. The van der Waals surface area contributed by atoms with Crippen LogP contribution in [0.3, 0.4) is 0 Å². The number of rotatable bonds is 5. The van der Waals surface area contributed by atoms with Gasteiger partial charge in [-0.2, -0.15) is 5.26 Å². The number of methoxy groups -OCH3 is 1. The lowest BCUT2D eigenvalue weighted by atomic mass is 9.76. The van der Waals surface area contributed by atoms with Gasteiger partial charge in [0.2, 0.25) is 6.79 Å². The average Bonchev–Trinajstić information content (AvgIpc) is 3.24. The molecule has 5 aliphatic rings. The van der Waals surface area contributed by atoms with Gasteiger partial charge >= 0.3 is 0 Å². The quantitative estimate of drug-likeness (QED) is 0.323. The van der Waals surface area contributed by atoms with E-state index in [9.17, 15) is 15.5 Å². The molecule has 7 rings (SSSR count). The Morgan fingerprint density at radius 1 is 1.19 bits per heavy atom. The number of phenols is 2. The van der Waals surface area contributed by atoms with Crippen LogP contribution in [-0.4, -0.2) is 65.1 Å². The number of aromatic hydroxyl groups is 2. The second-order valence-corrected chi connectivity index (χ2v) is 10.6. The van der Waals surface area contributed by atoms with E-state index in [1.165, 1.54) is 0 Å². The van der Waals surface area contributed by atoms with Crippen molar-refractivity contribution in [3.05, 3.63) is 52.1 Å². The number of piperazine rings is 1. The number of nitrogens with zero attached hydrogens (tertiary/aromatic N) is 3. The van der Waals surface area contributed by atoms with Crippen LogP contribution in [0.15, 0.2) is 18.7 Å². The van der Waals surface area contributed by atoms with E-state index in [0.717, 1.165) is 27.8 Å². The molecule has 9 heteroatoms. The Bertz CT molecular complexity index is 1400. The summed E-state index contributed by atoms with van der Waals surface area (Å²) in [5, 5.41) is 36.7. The molecule has 0 aliphatic carbocycles. The third-order valence-electron chi connectivity index (χ3n) is 8.97. The molecule has 192 valence electrons. The molecule has 37 heavy (non-hydrogen) atoms. The van der Waals surface area contributed by atoms with Crippen molar-refractivity contribution in [2.45, 2.75) is 56.5 Å². The Labute approximate surface area is 215 Å². The maximum absolute atomic E-state index is 11.4. The van der Waals surface area contributed by atoms with Gasteiger partial charge in [-0.25, -0.2) is 0 Å². The smallest absolute Gasteiger partial charge is 0.231 e. The number of fused-ring (bicyclic) bond motifs is 9. The third-order valence-corrected chi connectivity index (χ3v) is 8.97. The highest BCUT2D eigenvalue weighted by Crippen LogP contribution is 2.69. The molecule has 0 radical (unpaired) electrons. The molecule has 3 N–H and O–H groups in total. The van der Waals surface area contributed by atoms with Crippen molar-refractivity contribution in [1.29, 1.82) is 5.26 Å². The Morgan fingerprint density at radius 3 is 2.70 bits per heavy atom. The molecule has 4 unspecified atom stereocenters. The van der Waals surface area contributed by atoms with Crippen molar-refractivity contribution in [2.75, 3.05) is 27.0 Å². The van der Waals surface area contributed by atoms with E-state index in [0.29, 0.717) is 42.3 Å². The SMILES string of the molecule is C=CCNC[C@H]1c2c(c(O)c(C)c3c2OCO3)CC2[C@H]3c4c(cc(C)c(OC)c4O)C4C([C@H](C#N)N21)N43. The molecule has 5 aliphatic heterocycles. The molecule has 2 aromatic carbocycles. The van der Waals surface area contributed by atoms with Gasteiger partial charge in [0.1, 0.15) is 11.8 Å². The Kier molecular flexibility index (Phi) is 4.78. The molecule has 0 amide bonds. The number of nitriles is 1. The lowest BCUT2D eigenvalue weighted by Gasteiger charge is -2.51. The van der Waals surface area contributed by atoms with Gasteiger partial charge < -0.3 is 29.7 Å². The Balaban J connectivity index is 1.44. The molecule has 5 heterocycles. The van der Waals surface area contributed by atoms with Crippen molar-refractivity contribution in [3.8, 4) is 34.8 Å². The van der Waals surface area contributed by atoms with Crippen LogP contribution in [0.4, 0.5) is 0 Å². The van der Waals surface area contributed by atoms with Crippen molar-refractivity contribution in [2.24, 2.45) is 0 Å². The minimum atomic E-state index is -0.353. The number of nitrogens with one attached hydrogen (secondary N) is 1. The summed E-state index contributed by atoms with van der Waals surface area (Å²) in [4.78, 5) is 4.67. The van der Waals surface area contributed by atoms with E-state index in [1.54, 1.807) is 7.11 Å². The first-order chi connectivity index (χ1) is 17.9. The molecule has 7 atom stereocenters. The molecule has 0 spiro atoms. The van der Waals surface area contributed by atoms with Gasteiger partial charge in [-0.1, -0.05) is 12.1 Å². The summed E-state index contributed by atoms with van der Waals surface area (Å²) >= 11 is 0. The molecular formula is C28H30N4O5. The number of hydrogen-bond donors (Lipinski definition) is 3. The summed E-state index contributed by atoms with van der Waals surface area (Å²) in [7, 11) is 1.58. The zero-order valence-corrected chi connectivity index (χ0v) is 21.1. The van der Waals surface area contributed by atoms with Crippen molar-refractivity contribution < 1.29 is 24.4 Å². The minimum Gasteiger partial charge on any atom is -0.507 e. The fourth-order valence-corrected chi connectivity index (χ4v) is 7.61. The molecular weight excluding hydrogens is 472 g/mol. The van der Waals surface area contributed by atoms with Crippen LogP contribution in [-0.2, 0) is 6.42 Å². The Morgan fingerprint density at radius 2 is 1.97 bits per heavy atom. The van der Waals surface area contributed by atoms with Crippen LogP contribution in [0.5, 0.6) is 28.7 Å². The highest BCUT2D eigenvalue weighted by molar-refractivity contribution is 5.67. The number of benzene rings is 2. The van der Waals surface area contributed by atoms with E-state index < -0.39 is 0 Å². The van der Waals surface area contributed by atoms with E-state index in [2.05, 4.69) is 33.8 Å². The monoisotopic (exact) mass is 502 g/mol. The second-order valence-electron chi connectivity index (χ2n) is 10.6. The van der Waals surface area contributed by atoms with Gasteiger partial charge in [0, 0.05) is 41.4 Å². The summed E-state index contributed by atoms with van der Waals surface area (Å²) in [5.41, 5.74) is 5.24. The first-order valence-corrected chi connectivity index (χ1v) is 12.7. The van der Waals surface area contributed by atoms with Gasteiger partial charge in [-0.15, -0.1) is 6.58 Å². The lowest BCUT2D eigenvalue weighted by molar-refractivity contribution is 0.00672. The maximum atomic E-state index is 11.4. The highest BCUT2D eigenvalue weighted by Gasteiger charge is 2.71. The first kappa shape index (κ1) is 22.7. The summed E-state index contributed by atoms with van der Waals surface area (Å²) in [5.74, 6) is 2.13. The largest absolute Gasteiger partial charge is 0.507 e.